The van der Waals surface area contributed by atoms with Crippen LogP contribution in [-0.2, 0) is 4.79 Å². The first-order chi connectivity index (χ1) is 13.5. The Morgan fingerprint density at radius 2 is 2.25 bits per heavy atom. The Balaban J connectivity index is 1.40. The van der Waals surface area contributed by atoms with Crippen LogP contribution in [-0.4, -0.2) is 65.1 Å². The molecular formula is C21H24FN5O. The minimum absolute atomic E-state index is 0.0151. The summed E-state index contributed by atoms with van der Waals surface area (Å²) in [6.45, 7) is 4.06. The van der Waals surface area contributed by atoms with Crippen LogP contribution in [0.5, 0.6) is 0 Å². The van der Waals surface area contributed by atoms with E-state index in [9.17, 15) is 14.4 Å². The first kappa shape index (κ1) is 18.6. The van der Waals surface area contributed by atoms with Crippen molar-refractivity contribution in [2.45, 2.75) is 38.0 Å². The van der Waals surface area contributed by atoms with Crippen LogP contribution in [0, 0.1) is 11.3 Å². The topological polar surface area (TPSA) is 72.3 Å². The third-order valence-corrected chi connectivity index (χ3v) is 5.73. The van der Waals surface area contributed by atoms with Crippen LogP contribution in [0.3, 0.4) is 0 Å². The molecule has 7 heteroatoms. The van der Waals surface area contributed by atoms with Gasteiger partial charge in [-0.2, -0.15) is 5.26 Å². The van der Waals surface area contributed by atoms with Gasteiger partial charge in [-0.3, -0.25) is 14.7 Å². The molecule has 1 aromatic carbocycles. The molecule has 0 spiro atoms. The molecule has 3 heterocycles. The second-order valence-electron chi connectivity index (χ2n) is 7.77. The third kappa shape index (κ3) is 3.65. The number of hydrogen-bond donors (Lipinski definition) is 1. The minimum Gasteiger partial charge on any atom is -0.380 e. The molecule has 6 nitrogen and oxygen atoms in total. The highest BCUT2D eigenvalue weighted by Crippen LogP contribution is 2.27. The van der Waals surface area contributed by atoms with Gasteiger partial charge in [-0.1, -0.05) is 0 Å². The fourth-order valence-corrected chi connectivity index (χ4v) is 4.30. The van der Waals surface area contributed by atoms with Gasteiger partial charge in [0, 0.05) is 48.9 Å². The van der Waals surface area contributed by atoms with Crippen molar-refractivity contribution < 1.29 is 9.18 Å². The number of fused-ring (bicyclic) bond motifs is 1. The number of nitrogens with zero attached hydrogens (tertiary/aromatic N) is 4. The lowest BCUT2D eigenvalue weighted by molar-refractivity contribution is -0.132. The number of aromatic nitrogens is 1. The number of nitrogens with one attached hydrogen (secondary N) is 1. The molecule has 28 heavy (non-hydrogen) atoms. The van der Waals surface area contributed by atoms with Gasteiger partial charge >= 0.3 is 0 Å². The van der Waals surface area contributed by atoms with E-state index in [2.05, 4.69) is 21.3 Å². The van der Waals surface area contributed by atoms with Crippen molar-refractivity contribution in [3.63, 3.8) is 0 Å². The minimum atomic E-state index is -0.898. The number of likely N-dealkylation sites (tertiary alicyclic amines) is 2. The van der Waals surface area contributed by atoms with Crippen LogP contribution < -0.4 is 5.32 Å². The Morgan fingerprint density at radius 1 is 1.39 bits per heavy atom. The summed E-state index contributed by atoms with van der Waals surface area (Å²) >= 11 is 0. The molecule has 0 saturated carbocycles. The molecule has 1 N–H and O–H groups in total. The number of rotatable bonds is 4. The summed E-state index contributed by atoms with van der Waals surface area (Å²) in [4.78, 5) is 20.7. The van der Waals surface area contributed by atoms with Gasteiger partial charge in [0.1, 0.15) is 12.2 Å². The van der Waals surface area contributed by atoms with Gasteiger partial charge in [0.15, 0.2) is 0 Å². The maximum absolute atomic E-state index is 13.5. The lowest BCUT2D eigenvalue weighted by Gasteiger charge is -2.24. The van der Waals surface area contributed by atoms with Gasteiger partial charge in [-0.05, 0) is 37.6 Å². The van der Waals surface area contributed by atoms with Gasteiger partial charge in [-0.25, -0.2) is 4.39 Å². The number of nitriles is 1. The zero-order chi connectivity index (χ0) is 19.7. The molecule has 2 aliphatic heterocycles. The van der Waals surface area contributed by atoms with Crippen molar-refractivity contribution in [3.8, 4) is 6.07 Å². The predicted molar refractivity (Wildman–Crippen MR) is 106 cm³/mol. The molecule has 3 atom stereocenters. The average Bonchev–Trinajstić information content (AvgIpc) is 3.27. The van der Waals surface area contributed by atoms with Gasteiger partial charge in [0.05, 0.1) is 24.2 Å². The monoisotopic (exact) mass is 381 g/mol. The number of carbonyl (C=O) groups excluding carboxylic acids is 1. The standard InChI is InChI=1S/C21H24FN5O/c1-14-9-16(22)11-27(14)20(28)13-26-8-6-17(12-26)25-19-5-4-15(10-23)21-18(19)3-2-7-24-21/h2-5,7,14,16-17,25H,6,8-9,11-13H2,1H3/t14-,16+,17+/m1/s1. The van der Waals surface area contributed by atoms with Crippen LogP contribution in [0.2, 0.25) is 0 Å². The highest BCUT2D eigenvalue weighted by atomic mass is 19.1. The molecule has 4 rings (SSSR count). The van der Waals surface area contributed by atoms with E-state index in [4.69, 9.17) is 0 Å². The Bertz CT molecular complexity index is 927. The zero-order valence-electron chi connectivity index (χ0n) is 15.9. The number of halogens is 1. The largest absolute Gasteiger partial charge is 0.380 e. The summed E-state index contributed by atoms with van der Waals surface area (Å²) in [6, 6.07) is 9.92. The number of alkyl halides is 1. The van der Waals surface area contributed by atoms with Crippen LogP contribution in [0.4, 0.5) is 10.1 Å². The number of amides is 1. The summed E-state index contributed by atoms with van der Waals surface area (Å²) in [5.41, 5.74) is 2.21. The highest BCUT2D eigenvalue weighted by Gasteiger charge is 2.34. The number of hydrogen-bond acceptors (Lipinski definition) is 5. The van der Waals surface area contributed by atoms with E-state index < -0.39 is 6.17 Å². The van der Waals surface area contributed by atoms with Crippen molar-refractivity contribution in [2.75, 3.05) is 31.5 Å². The zero-order valence-corrected chi connectivity index (χ0v) is 15.9. The van der Waals surface area contributed by atoms with Gasteiger partial charge < -0.3 is 10.2 Å². The number of carbonyl (C=O) groups is 1. The molecule has 1 aromatic heterocycles. The summed E-state index contributed by atoms with van der Waals surface area (Å²) in [5, 5.41) is 13.8. The van der Waals surface area contributed by atoms with Gasteiger partial charge in [0.25, 0.3) is 0 Å². The van der Waals surface area contributed by atoms with Crippen LogP contribution in [0.25, 0.3) is 10.9 Å². The molecule has 2 aromatic rings. The predicted octanol–water partition coefficient (Wildman–Crippen LogP) is 2.55. The molecule has 1 amide bonds. The van der Waals surface area contributed by atoms with E-state index >= 15 is 0 Å². The molecule has 0 bridgehead atoms. The first-order valence-electron chi connectivity index (χ1n) is 9.75. The molecule has 0 aliphatic carbocycles. The Morgan fingerprint density at radius 3 is 3.00 bits per heavy atom. The maximum atomic E-state index is 13.5. The van der Waals surface area contributed by atoms with Crippen molar-refractivity contribution in [2.24, 2.45) is 0 Å². The molecular weight excluding hydrogens is 357 g/mol. The van der Waals surface area contributed by atoms with Crippen LogP contribution >= 0.6 is 0 Å². The van der Waals surface area contributed by atoms with E-state index in [1.807, 2.05) is 25.1 Å². The smallest absolute Gasteiger partial charge is 0.237 e. The fourth-order valence-electron chi connectivity index (χ4n) is 4.30. The molecule has 146 valence electrons. The third-order valence-electron chi connectivity index (χ3n) is 5.73. The molecule has 0 radical (unpaired) electrons. The molecule has 2 aliphatic rings. The molecule has 2 saturated heterocycles. The summed E-state index contributed by atoms with van der Waals surface area (Å²) in [5.74, 6) is 0.0151. The normalized spacial score (nSPS) is 25.2. The Hall–Kier alpha value is -2.72. The van der Waals surface area contributed by atoms with E-state index in [0.717, 1.165) is 30.6 Å². The van der Waals surface area contributed by atoms with E-state index in [0.29, 0.717) is 24.0 Å². The van der Waals surface area contributed by atoms with Crippen molar-refractivity contribution in [1.29, 1.82) is 5.26 Å². The number of anilines is 1. The number of benzene rings is 1. The summed E-state index contributed by atoms with van der Waals surface area (Å²) in [6.07, 6.45) is 2.16. The highest BCUT2D eigenvalue weighted by molar-refractivity contribution is 5.94. The van der Waals surface area contributed by atoms with Crippen LogP contribution in [0.1, 0.15) is 25.3 Å². The first-order valence-corrected chi connectivity index (χ1v) is 9.75. The van der Waals surface area contributed by atoms with Crippen molar-refractivity contribution >= 4 is 22.5 Å². The second kappa shape index (κ2) is 7.72. The van der Waals surface area contributed by atoms with Crippen molar-refractivity contribution in [3.05, 3.63) is 36.0 Å². The Labute approximate surface area is 163 Å². The lowest BCUT2D eigenvalue weighted by atomic mass is 10.1. The average molecular weight is 381 g/mol. The summed E-state index contributed by atoms with van der Waals surface area (Å²) in [7, 11) is 0. The van der Waals surface area contributed by atoms with E-state index in [-0.39, 0.29) is 24.5 Å². The van der Waals surface area contributed by atoms with Gasteiger partial charge in [-0.15, -0.1) is 0 Å². The van der Waals surface area contributed by atoms with E-state index in [1.54, 1.807) is 17.2 Å². The van der Waals surface area contributed by atoms with Crippen LogP contribution in [0.15, 0.2) is 30.5 Å². The molecule has 0 unspecified atom stereocenters. The maximum Gasteiger partial charge on any atom is 0.237 e. The second-order valence-corrected chi connectivity index (χ2v) is 7.77. The number of pyridine rings is 1. The van der Waals surface area contributed by atoms with E-state index in [1.165, 1.54) is 0 Å². The lowest BCUT2D eigenvalue weighted by Crippen LogP contribution is -2.42. The van der Waals surface area contributed by atoms with Crippen molar-refractivity contribution in [1.82, 2.24) is 14.8 Å². The van der Waals surface area contributed by atoms with Gasteiger partial charge in [0.2, 0.25) is 5.91 Å². The fraction of sp³-hybridized carbons (Fsp3) is 0.476. The molecule has 2 fully saturated rings. The quantitative estimate of drug-likeness (QED) is 0.881. The summed E-state index contributed by atoms with van der Waals surface area (Å²) < 4.78 is 13.5. The Kier molecular flexibility index (Phi) is 5.14. The SMILES string of the molecule is C[C@@H]1C[C@H](F)CN1C(=O)CN1CC[C@H](Nc2ccc(C#N)c3ncccc23)C1.